The fourth-order valence-corrected chi connectivity index (χ4v) is 2.70. The molecule has 3 rings (SSSR count). The number of rotatable bonds is 5. The molecule has 5 nitrogen and oxygen atoms in total. The van der Waals surface area contributed by atoms with Gasteiger partial charge in [-0.2, -0.15) is 0 Å². The van der Waals surface area contributed by atoms with Crippen molar-refractivity contribution in [1.82, 2.24) is 4.90 Å². The van der Waals surface area contributed by atoms with Gasteiger partial charge in [-0.15, -0.1) is 0 Å². The maximum absolute atomic E-state index is 13.4. The van der Waals surface area contributed by atoms with Crippen molar-refractivity contribution >= 4 is 17.5 Å². The minimum absolute atomic E-state index is 0.0123. The Morgan fingerprint density at radius 3 is 2.40 bits per heavy atom. The van der Waals surface area contributed by atoms with E-state index in [1.54, 1.807) is 36.4 Å². The lowest BCUT2D eigenvalue weighted by molar-refractivity contribution is -0.118. The molecule has 1 aliphatic heterocycles. The zero-order valence-electron chi connectivity index (χ0n) is 13.7. The molecular formula is C19H19FN2O3. The van der Waals surface area contributed by atoms with Crippen LogP contribution in [0.3, 0.4) is 0 Å². The van der Waals surface area contributed by atoms with Crippen LogP contribution in [-0.2, 0) is 4.79 Å². The van der Waals surface area contributed by atoms with Crippen molar-refractivity contribution in [2.75, 3.05) is 25.0 Å². The van der Waals surface area contributed by atoms with Crippen molar-refractivity contribution < 1.29 is 18.7 Å². The van der Waals surface area contributed by atoms with E-state index in [2.05, 4.69) is 5.32 Å². The fourth-order valence-electron chi connectivity index (χ4n) is 2.70. The van der Waals surface area contributed by atoms with Crippen molar-refractivity contribution in [3.8, 4) is 5.75 Å². The summed E-state index contributed by atoms with van der Waals surface area (Å²) in [4.78, 5) is 26.0. The molecule has 2 aromatic rings. The molecule has 1 heterocycles. The van der Waals surface area contributed by atoms with Crippen molar-refractivity contribution in [1.29, 1.82) is 0 Å². The molecule has 0 atom stereocenters. The van der Waals surface area contributed by atoms with Gasteiger partial charge in [-0.3, -0.25) is 9.59 Å². The van der Waals surface area contributed by atoms with Crippen molar-refractivity contribution in [3.63, 3.8) is 0 Å². The first-order chi connectivity index (χ1) is 12.1. The monoisotopic (exact) mass is 342 g/mol. The number of halogens is 1. The fraction of sp³-hybridized carbons (Fsp3) is 0.263. The molecule has 0 aliphatic carbocycles. The van der Waals surface area contributed by atoms with Gasteiger partial charge in [0.2, 0.25) is 0 Å². The highest BCUT2D eigenvalue weighted by atomic mass is 19.1. The van der Waals surface area contributed by atoms with E-state index in [-0.39, 0.29) is 18.3 Å². The van der Waals surface area contributed by atoms with Gasteiger partial charge in [0, 0.05) is 24.3 Å². The summed E-state index contributed by atoms with van der Waals surface area (Å²) in [5.41, 5.74) is 1.16. The predicted molar refractivity (Wildman–Crippen MR) is 92.1 cm³/mol. The van der Waals surface area contributed by atoms with Crippen LogP contribution in [0.4, 0.5) is 10.1 Å². The molecule has 1 fully saturated rings. The quantitative estimate of drug-likeness (QED) is 0.908. The summed E-state index contributed by atoms with van der Waals surface area (Å²) < 4.78 is 18.6. The molecule has 0 aromatic heterocycles. The van der Waals surface area contributed by atoms with Crippen LogP contribution in [0.25, 0.3) is 0 Å². The molecule has 130 valence electrons. The lowest BCUT2D eigenvalue weighted by atomic mass is 10.2. The number of nitrogens with zero attached hydrogens (tertiary/aromatic N) is 1. The SMILES string of the molecule is O=C(COc1ccccc1F)Nc1ccc(C(=O)N2CCCC2)cc1. The maximum Gasteiger partial charge on any atom is 0.262 e. The first-order valence-corrected chi connectivity index (χ1v) is 8.20. The molecule has 25 heavy (non-hydrogen) atoms. The standard InChI is InChI=1S/C19H19FN2O3/c20-16-5-1-2-6-17(16)25-13-18(23)21-15-9-7-14(8-10-15)19(24)22-11-3-4-12-22/h1-2,5-10H,3-4,11-13H2,(H,21,23). The molecule has 0 unspecified atom stereocenters. The molecule has 2 aromatic carbocycles. The summed E-state index contributed by atoms with van der Waals surface area (Å²) in [5, 5.41) is 2.66. The Morgan fingerprint density at radius 2 is 1.72 bits per heavy atom. The number of amides is 2. The van der Waals surface area contributed by atoms with Crippen LogP contribution in [0.15, 0.2) is 48.5 Å². The number of carbonyl (C=O) groups excluding carboxylic acids is 2. The molecule has 0 radical (unpaired) electrons. The first kappa shape index (κ1) is 17.0. The molecule has 6 heteroatoms. The van der Waals surface area contributed by atoms with E-state index in [9.17, 15) is 14.0 Å². The van der Waals surface area contributed by atoms with Crippen LogP contribution < -0.4 is 10.1 Å². The van der Waals surface area contributed by atoms with E-state index in [4.69, 9.17) is 4.74 Å². The minimum atomic E-state index is -0.514. The second kappa shape index (κ2) is 7.79. The Bertz CT molecular complexity index is 756. The van der Waals surface area contributed by atoms with Crippen LogP contribution in [0, 0.1) is 5.82 Å². The van der Waals surface area contributed by atoms with E-state index in [1.165, 1.54) is 12.1 Å². The normalized spacial score (nSPS) is 13.6. The van der Waals surface area contributed by atoms with Gasteiger partial charge in [0.25, 0.3) is 11.8 Å². The summed E-state index contributed by atoms with van der Waals surface area (Å²) in [7, 11) is 0. The van der Waals surface area contributed by atoms with Crippen LogP contribution in [0.5, 0.6) is 5.75 Å². The Kier molecular flexibility index (Phi) is 5.28. The second-order valence-electron chi connectivity index (χ2n) is 5.84. The summed E-state index contributed by atoms with van der Waals surface area (Å²) in [6.07, 6.45) is 2.09. The number of para-hydroxylation sites is 1. The minimum Gasteiger partial charge on any atom is -0.481 e. The van der Waals surface area contributed by atoms with Gasteiger partial charge in [0.15, 0.2) is 18.2 Å². The molecule has 0 saturated carbocycles. The number of nitrogens with one attached hydrogen (secondary N) is 1. The molecule has 0 bridgehead atoms. The summed E-state index contributed by atoms with van der Waals surface area (Å²) in [6, 6.07) is 12.6. The molecular weight excluding hydrogens is 323 g/mol. The van der Waals surface area contributed by atoms with Gasteiger partial charge in [0.05, 0.1) is 0 Å². The van der Waals surface area contributed by atoms with Gasteiger partial charge in [-0.25, -0.2) is 4.39 Å². The first-order valence-electron chi connectivity index (χ1n) is 8.20. The van der Waals surface area contributed by atoms with Gasteiger partial charge < -0.3 is 15.0 Å². The van der Waals surface area contributed by atoms with Gasteiger partial charge in [-0.1, -0.05) is 12.1 Å². The third-order valence-electron chi connectivity index (χ3n) is 4.00. The van der Waals surface area contributed by atoms with Crippen LogP contribution >= 0.6 is 0 Å². The summed E-state index contributed by atoms with van der Waals surface area (Å²) >= 11 is 0. The average Bonchev–Trinajstić information content (AvgIpc) is 3.16. The Balaban J connectivity index is 1.53. The van der Waals surface area contributed by atoms with E-state index in [0.717, 1.165) is 25.9 Å². The van der Waals surface area contributed by atoms with Crippen LogP contribution in [-0.4, -0.2) is 36.4 Å². The summed E-state index contributed by atoms with van der Waals surface area (Å²) in [5.74, 6) is -0.871. The third-order valence-corrected chi connectivity index (χ3v) is 4.00. The highest BCUT2D eigenvalue weighted by Crippen LogP contribution is 2.17. The van der Waals surface area contributed by atoms with Gasteiger partial charge in [0.1, 0.15) is 0 Å². The Hall–Kier alpha value is -2.89. The number of likely N-dealkylation sites (tertiary alicyclic amines) is 1. The number of benzene rings is 2. The topological polar surface area (TPSA) is 58.6 Å². The second-order valence-corrected chi connectivity index (χ2v) is 5.84. The van der Waals surface area contributed by atoms with Crippen molar-refractivity contribution in [2.45, 2.75) is 12.8 Å². The highest BCUT2D eigenvalue weighted by Gasteiger charge is 2.19. The zero-order valence-corrected chi connectivity index (χ0v) is 13.7. The molecule has 1 saturated heterocycles. The van der Waals surface area contributed by atoms with E-state index in [0.29, 0.717) is 11.3 Å². The van der Waals surface area contributed by atoms with E-state index >= 15 is 0 Å². The highest BCUT2D eigenvalue weighted by molar-refractivity contribution is 5.96. The van der Waals surface area contributed by atoms with Crippen molar-refractivity contribution in [3.05, 3.63) is 59.9 Å². The van der Waals surface area contributed by atoms with Crippen LogP contribution in [0.1, 0.15) is 23.2 Å². The number of anilines is 1. The number of carbonyl (C=O) groups is 2. The van der Waals surface area contributed by atoms with E-state index < -0.39 is 11.7 Å². The molecule has 1 N–H and O–H groups in total. The molecule has 2 amide bonds. The predicted octanol–water partition coefficient (Wildman–Crippen LogP) is 3.08. The van der Waals surface area contributed by atoms with Crippen molar-refractivity contribution in [2.24, 2.45) is 0 Å². The maximum atomic E-state index is 13.4. The summed E-state index contributed by atoms with van der Waals surface area (Å²) in [6.45, 7) is 1.30. The smallest absolute Gasteiger partial charge is 0.262 e. The number of ether oxygens (including phenoxy) is 1. The molecule has 0 spiro atoms. The zero-order chi connectivity index (χ0) is 17.6. The lowest BCUT2D eigenvalue weighted by Gasteiger charge is -2.15. The third kappa shape index (κ3) is 4.35. The number of hydrogen-bond donors (Lipinski definition) is 1. The Labute approximate surface area is 145 Å². The largest absolute Gasteiger partial charge is 0.481 e. The number of hydrogen-bond acceptors (Lipinski definition) is 3. The van der Waals surface area contributed by atoms with Gasteiger partial charge >= 0.3 is 0 Å². The van der Waals surface area contributed by atoms with Crippen LogP contribution in [0.2, 0.25) is 0 Å². The molecule has 1 aliphatic rings. The van der Waals surface area contributed by atoms with E-state index in [1.807, 2.05) is 4.90 Å². The van der Waals surface area contributed by atoms with Gasteiger partial charge in [-0.05, 0) is 49.2 Å². The average molecular weight is 342 g/mol. The Morgan fingerprint density at radius 1 is 1.04 bits per heavy atom. The lowest BCUT2D eigenvalue weighted by Crippen LogP contribution is -2.27.